The molecule has 2 unspecified atom stereocenters. The van der Waals surface area contributed by atoms with Crippen LogP contribution in [0.4, 0.5) is 0 Å². The summed E-state index contributed by atoms with van der Waals surface area (Å²) in [5.41, 5.74) is -0.463. The van der Waals surface area contributed by atoms with E-state index in [1.165, 1.54) is 19.3 Å². The number of nitriles is 1. The lowest BCUT2D eigenvalue weighted by Crippen LogP contribution is -2.55. The maximum atomic E-state index is 9.27. The van der Waals surface area contributed by atoms with Crippen LogP contribution in [0.5, 0.6) is 0 Å². The van der Waals surface area contributed by atoms with Crippen molar-refractivity contribution in [2.45, 2.75) is 44.8 Å². The van der Waals surface area contributed by atoms with Crippen LogP contribution in [0.3, 0.4) is 0 Å². The van der Waals surface area contributed by atoms with Crippen molar-refractivity contribution in [1.29, 1.82) is 5.26 Å². The minimum Gasteiger partial charge on any atom is -0.379 e. The van der Waals surface area contributed by atoms with Gasteiger partial charge in [0.15, 0.2) is 0 Å². The SMILES string of the molecule is COC(C)C(C)(C#N)N1CCCCC1. The normalized spacial score (nSPS) is 25.0. The molecule has 14 heavy (non-hydrogen) atoms. The Hall–Kier alpha value is -0.590. The third kappa shape index (κ3) is 2.08. The maximum Gasteiger partial charge on any atom is 0.132 e. The van der Waals surface area contributed by atoms with Crippen LogP contribution in [0, 0.1) is 11.3 Å². The number of methoxy groups -OCH3 is 1. The zero-order valence-electron chi connectivity index (χ0n) is 9.42. The van der Waals surface area contributed by atoms with E-state index in [1.54, 1.807) is 7.11 Å². The molecule has 0 amide bonds. The molecule has 0 bridgehead atoms. The zero-order chi connectivity index (χ0) is 10.6. The number of hydrogen-bond acceptors (Lipinski definition) is 3. The fourth-order valence-electron chi connectivity index (χ4n) is 2.01. The summed E-state index contributed by atoms with van der Waals surface area (Å²) in [4.78, 5) is 2.25. The molecule has 0 aliphatic carbocycles. The predicted molar refractivity (Wildman–Crippen MR) is 55.9 cm³/mol. The van der Waals surface area contributed by atoms with Gasteiger partial charge in [0.1, 0.15) is 5.54 Å². The monoisotopic (exact) mass is 196 g/mol. The Labute approximate surface area is 86.6 Å². The van der Waals surface area contributed by atoms with Crippen molar-refractivity contribution in [2.75, 3.05) is 20.2 Å². The largest absolute Gasteiger partial charge is 0.379 e. The molecule has 1 aliphatic rings. The van der Waals surface area contributed by atoms with Crippen molar-refractivity contribution in [3.05, 3.63) is 0 Å². The lowest BCUT2D eigenvalue weighted by atomic mass is 9.92. The Kier molecular flexibility index (Phi) is 3.91. The first-order valence-electron chi connectivity index (χ1n) is 5.34. The van der Waals surface area contributed by atoms with Crippen molar-refractivity contribution in [3.8, 4) is 6.07 Å². The van der Waals surface area contributed by atoms with Crippen molar-refractivity contribution < 1.29 is 4.74 Å². The van der Waals surface area contributed by atoms with Gasteiger partial charge in [-0.25, -0.2) is 0 Å². The summed E-state index contributed by atoms with van der Waals surface area (Å²) in [6.07, 6.45) is 3.66. The van der Waals surface area contributed by atoms with Crippen LogP contribution in [-0.2, 0) is 4.74 Å². The summed E-state index contributed by atoms with van der Waals surface area (Å²) in [6, 6.07) is 2.40. The number of likely N-dealkylation sites (tertiary alicyclic amines) is 1. The first kappa shape index (κ1) is 11.5. The van der Waals surface area contributed by atoms with Gasteiger partial charge in [0.05, 0.1) is 12.2 Å². The number of ether oxygens (including phenoxy) is 1. The van der Waals surface area contributed by atoms with E-state index < -0.39 is 5.54 Å². The predicted octanol–water partition coefficient (Wildman–Crippen LogP) is 1.79. The molecule has 1 aliphatic heterocycles. The van der Waals surface area contributed by atoms with Gasteiger partial charge < -0.3 is 4.74 Å². The third-order valence-corrected chi connectivity index (χ3v) is 3.38. The van der Waals surface area contributed by atoms with Gasteiger partial charge in [-0.05, 0) is 39.8 Å². The minimum absolute atomic E-state index is 0.0365. The van der Waals surface area contributed by atoms with Crippen molar-refractivity contribution >= 4 is 0 Å². The molecule has 1 rings (SSSR count). The van der Waals surface area contributed by atoms with E-state index in [9.17, 15) is 5.26 Å². The smallest absolute Gasteiger partial charge is 0.132 e. The Morgan fingerprint density at radius 2 is 1.93 bits per heavy atom. The molecule has 0 aromatic heterocycles. The summed E-state index contributed by atoms with van der Waals surface area (Å²) < 4.78 is 5.30. The fourth-order valence-corrected chi connectivity index (χ4v) is 2.01. The summed E-state index contributed by atoms with van der Waals surface area (Å²) in [6.45, 7) is 6.00. The van der Waals surface area contributed by atoms with Crippen molar-refractivity contribution in [1.82, 2.24) is 4.90 Å². The standard InChI is InChI=1S/C11H20N2O/c1-10(14-3)11(2,9-12)13-7-5-4-6-8-13/h10H,4-8H2,1-3H3. The summed E-state index contributed by atoms with van der Waals surface area (Å²) >= 11 is 0. The second kappa shape index (κ2) is 4.77. The Morgan fingerprint density at radius 3 is 2.36 bits per heavy atom. The van der Waals surface area contributed by atoms with Crippen LogP contribution in [0.15, 0.2) is 0 Å². The van der Waals surface area contributed by atoms with E-state index >= 15 is 0 Å². The van der Waals surface area contributed by atoms with Crippen molar-refractivity contribution in [2.24, 2.45) is 0 Å². The van der Waals surface area contributed by atoms with Gasteiger partial charge in [-0.3, -0.25) is 4.90 Å². The van der Waals surface area contributed by atoms with Crippen LogP contribution in [0.2, 0.25) is 0 Å². The molecule has 80 valence electrons. The molecule has 0 aromatic carbocycles. The van der Waals surface area contributed by atoms with Crippen LogP contribution in [-0.4, -0.2) is 36.7 Å². The van der Waals surface area contributed by atoms with E-state index in [2.05, 4.69) is 11.0 Å². The van der Waals surface area contributed by atoms with Gasteiger partial charge in [0.2, 0.25) is 0 Å². The van der Waals surface area contributed by atoms with Gasteiger partial charge in [-0.2, -0.15) is 5.26 Å². The molecule has 1 saturated heterocycles. The highest BCUT2D eigenvalue weighted by molar-refractivity contribution is 5.09. The van der Waals surface area contributed by atoms with Crippen LogP contribution >= 0.6 is 0 Å². The topological polar surface area (TPSA) is 36.3 Å². The first-order valence-corrected chi connectivity index (χ1v) is 5.34. The van der Waals surface area contributed by atoms with E-state index in [1.807, 2.05) is 13.8 Å². The van der Waals surface area contributed by atoms with Crippen molar-refractivity contribution in [3.63, 3.8) is 0 Å². The average molecular weight is 196 g/mol. The molecule has 0 saturated carbocycles. The lowest BCUT2D eigenvalue weighted by Gasteiger charge is -2.41. The number of piperidine rings is 1. The average Bonchev–Trinajstić information content (AvgIpc) is 2.28. The third-order valence-electron chi connectivity index (χ3n) is 3.38. The number of hydrogen-bond donors (Lipinski definition) is 0. The molecule has 0 aromatic rings. The summed E-state index contributed by atoms with van der Waals surface area (Å²) in [7, 11) is 1.67. The van der Waals surface area contributed by atoms with Crippen LogP contribution in [0.1, 0.15) is 33.1 Å². The molecule has 0 spiro atoms. The van der Waals surface area contributed by atoms with Gasteiger partial charge in [-0.1, -0.05) is 6.42 Å². The Morgan fingerprint density at radius 1 is 1.36 bits per heavy atom. The Balaban J connectivity index is 2.72. The zero-order valence-corrected chi connectivity index (χ0v) is 9.42. The summed E-state index contributed by atoms with van der Waals surface area (Å²) in [5.74, 6) is 0. The van der Waals surface area contributed by atoms with Gasteiger partial charge in [0.25, 0.3) is 0 Å². The van der Waals surface area contributed by atoms with E-state index in [0.717, 1.165) is 13.1 Å². The molecule has 1 fully saturated rings. The van der Waals surface area contributed by atoms with Crippen LogP contribution < -0.4 is 0 Å². The lowest BCUT2D eigenvalue weighted by molar-refractivity contribution is -0.0122. The minimum atomic E-state index is -0.463. The van der Waals surface area contributed by atoms with Gasteiger partial charge >= 0.3 is 0 Å². The molecule has 3 nitrogen and oxygen atoms in total. The first-order chi connectivity index (χ1) is 6.65. The molecule has 0 radical (unpaired) electrons. The molecule has 0 N–H and O–H groups in total. The highest BCUT2D eigenvalue weighted by Gasteiger charge is 2.38. The van der Waals surface area contributed by atoms with Gasteiger partial charge in [-0.15, -0.1) is 0 Å². The van der Waals surface area contributed by atoms with E-state index in [4.69, 9.17) is 4.74 Å². The molecule has 1 heterocycles. The van der Waals surface area contributed by atoms with Gasteiger partial charge in [0, 0.05) is 7.11 Å². The number of rotatable bonds is 3. The highest BCUT2D eigenvalue weighted by Crippen LogP contribution is 2.24. The number of nitrogens with zero attached hydrogens (tertiary/aromatic N) is 2. The molecule has 2 atom stereocenters. The van der Waals surface area contributed by atoms with Crippen LogP contribution in [0.25, 0.3) is 0 Å². The Bertz CT molecular complexity index is 218. The molecular weight excluding hydrogens is 176 g/mol. The van der Waals surface area contributed by atoms with E-state index in [0.29, 0.717) is 0 Å². The molecule has 3 heteroatoms. The summed E-state index contributed by atoms with van der Waals surface area (Å²) in [5, 5.41) is 9.27. The second-order valence-electron chi connectivity index (χ2n) is 4.18. The second-order valence-corrected chi connectivity index (χ2v) is 4.18. The fraction of sp³-hybridized carbons (Fsp3) is 0.909. The quantitative estimate of drug-likeness (QED) is 0.690. The highest BCUT2D eigenvalue weighted by atomic mass is 16.5. The maximum absolute atomic E-state index is 9.27. The van der Waals surface area contributed by atoms with E-state index in [-0.39, 0.29) is 6.10 Å². The molecular formula is C11H20N2O.